The molecule has 0 fully saturated rings. The summed E-state index contributed by atoms with van der Waals surface area (Å²) in [7, 11) is 0. The maximum atomic E-state index is 11.6. The van der Waals surface area contributed by atoms with Crippen LogP contribution < -0.4 is 11.1 Å². The highest BCUT2D eigenvalue weighted by Crippen LogP contribution is 2.12. The minimum Gasteiger partial charge on any atom is -0.320 e. The lowest BCUT2D eigenvalue weighted by Crippen LogP contribution is -2.37. The van der Waals surface area contributed by atoms with Crippen molar-refractivity contribution in [1.82, 2.24) is 10.2 Å². The molecular formula is C9H10N4OS2. The van der Waals surface area contributed by atoms with Crippen LogP contribution in [0.15, 0.2) is 23.0 Å². The molecule has 7 heteroatoms. The number of carbonyl (C=O) groups excluding carboxylic acids is 1. The SMILES string of the molecule is NC(Cc1cccs1)C(=O)Nc1nncs1. The average Bonchev–Trinajstić information content (AvgIpc) is 2.90. The molecule has 0 aromatic carbocycles. The molecule has 5 nitrogen and oxygen atoms in total. The van der Waals surface area contributed by atoms with Crippen molar-refractivity contribution in [3.05, 3.63) is 27.9 Å². The van der Waals surface area contributed by atoms with Gasteiger partial charge >= 0.3 is 0 Å². The number of nitrogens with one attached hydrogen (secondary N) is 1. The molecule has 0 bridgehead atoms. The van der Waals surface area contributed by atoms with E-state index in [-0.39, 0.29) is 5.91 Å². The predicted molar refractivity (Wildman–Crippen MR) is 64.5 cm³/mol. The second-order valence-electron chi connectivity index (χ2n) is 3.12. The highest BCUT2D eigenvalue weighted by molar-refractivity contribution is 7.13. The highest BCUT2D eigenvalue weighted by Gasteiger charge is 2.15. The molecule has 0 saturated heterocycles. The Balaban J connectivity index is 1.90. The van der Waals surface area contributed by atoms with E-state index in [2.05, 4.69) is 15.5 Å². The third-order valence-electron chi connectivity index (χ3n) is 1.93. The summed E-state index contributed by atoms with van der Waals surface area (Å²) in [5.41, 5.74) is 7.33. The van der Waals surface area contributed by atoms with Gasteiger partial charge in [0.15, 0.2) is 0 Å². The lowest BCUT2D eigenvalue weighted by molar-refractivity contribution is -0.117. The van der Waals surface area contributed by atoms with Crippen LogP contribution in [0.5, 0.6) is 0 Å². The van der Waals surface area contributed by atoms with Crippen LogP contribution in [0.1, 0.15) is 4.88 Å². The van der Waals surface area contributed by atoms with Crippen molar-refractivity contribution in [1.29, 1.82) is 0 Å². The number of hydrogen-bond acceptors (Lipinski definition) is 6. The fourth-order valence-corrected chi connectivity index (χ4v) is 2.38. The first-order valence-corrected chi connectivity index (χ1v) is 6.36. The monoisotopic (exact) mass is 254 g/mol. The third-order valence-corrected chi connectivity index (χ3v) is 3.43. The summed E-state index contributed by atoms with van der Waals surface area (Å²) in [5, 5.41) is 12.4. The van der Waals surface area contributed by atoms with Crippen LogP contribution in [0.2, 0.25) is 0 Å². The Morgan fingerprint density at radius 3 is 3.06 bits per heavy atom. The van der Waals surface area contributed by atoms with Gasteiger partial charge in [-0.15, -0.1) is 21.5 Å². The summed E-state index contributed by atoms with van der Waals surface area (Å²) < 4.78 is 0. The highest BCUT2D eigenvalue weighted by atomic mass is 32.1. The van der Waals surface area contributed by atoms with Gasteiger partial charge in [0.25, 0.3) is 0 Å². The van der Waals surface area contributed by atoms with Crippen molar-refractivity contribution in [2.24, 2.45) is 5.73 Å². The van der Waals surface area contributed by atoms with Gasteiger partial charge in [0.1, 0.15) is 5.51 Å². The van der Waals surface area contributed by atoms with E-state index in [1.165, 1.54) is 11.3 Å². The largest absolute Gasteiger partial charge is 0.320 e. The van der Waals surface area contributed by atoms with Gasteiger partial charge in [-0.25, -0.2) is 0 Å². The average molecular weight is 254 g/mol. The molecule has 0 aliphatic rings. The summed E-state index contributed by atoms with van der Waals surface area (Å²) in [6.07, 6.45) is 0.544. The van der Waals surface area contributed by atoms with Gasteiger partial charge in [0.05, 0.1) is 6.04 Å². The fourth-order valence-electron chi connectivity index (χ4n) is 1.16. The Bertz CT molecular complexity index is 440. The number of thiophene rings is 1. The number of carbonyl (C=O) groups is 1. The van der Waals surface area contributed by atoms with E-state index in [4.69, 9.17) is 5.73 Å². The molecule has 16 heavy (non-hydrogen) atoms. The van der Waals surface area contributed by atoms with Crippen LogP contribution in [-0.2, 0) is 11.2 Å². The van der Waals surface area contributed by atoms with Crippen LogP contribution in [-0.4, -0.2) is 22.1 Å². The summed E-state index contributed by atoms with van der Waals surface area (Å²) in [6.45, 7) is 0. The van der Waals surface area contributed by atoms with Crippen LogP contribution in [0.4, 0.5) is 5.13 Å². The van der Waals surface area contributed by atoms with Crippen molar-refractivity contribution in [2.75, 3.05) is 5.32 Å². The molecule has 84 valence electrons. The summed E-state index contributed by atoms with van der Waals surface area (Å²) in [5.74, 6) is -0.231. The molecule has 1 unspecified atom stereocenters. The molecule has 1 atom stereocenters. The van der Waals surface area contributed by atoms with Crippen molar-refractivity contribution >= 4 is 33.7 Å². The smallest absolute Gasteiger partial charge is 0.243 e. The zero-order valence-electron chi connectivity index (χ0n) is 8.29. The van der Waals surface area contributed by atoms with Gasteiger partial charge in [-0.3, -0.25) is 10.1 Å². The molecule has 2 aromatic heterocycles. The standard InChI is InChI=1S/C9H10N4OS2/c10-7(4-6-2-1-3-15-6)8(14)12-9-13-11-5-16-9/h1-3,5,7H,4,10H2,(H,12,13,14). The van der Waals surface area contributed by atoms with Crippen LogP contribution in [0.25, 0.3) is 0 Å². The molecular weight excluding hydrogens is 244 g/mol. The number of nitrogens with zero attached hydrogens (tertiary/aromatic N) is 2. The quantitative estimate of drug-likeness (QED) is 0.856. The lowest BCUT2D eigenvalue weighted by atomic mass is 10.2. The second kappa shape index (κ2) is 5.15. The molecule has 2 rings (SSSR count). The van der Waals surface area contributed by atoms with Gasteiger partial charge in [0.2, 0.25) is 11.0 Å². The molecule has 2 aromatic rings. The number of anilines is 1. The molecule has 1 amide bonds. The minimum absolute atomic E-state index is 0.231. The molecule has 0 radical (unpaired) electrons. The molecule has 0 spiro atoms. The molecule has 0 aliphatic carbocycles. The van der Waals surface area contributed by atoms with Crippen LogP contribution in [0.3, 0.4) is 0 Å². The topological polar surface area (TPSA) is 80.9 Å². The lowest BCUT2D eigenvalue weighted by Gasteiger charge is -2.08. The van der Waals surface area contributed by atoms with Gasteiger partial charge < -0.3 is 5.73 Å². The maximum Gasteiger partial charge on any atom is 0.243 e. The normalized spacial score (nSPS) is 12.3. The second-order valence-corrected chi connectivity index (χ2v) is 4.99. The van der Waals surface area contributed by atoms with E-state index in [1.54, 1.807) is 16.8 Å². The van der Waals surface area contributed by atoms with Crippen molar-refractivity contribution < 1.29 is 4.79 Å². The Morgan fingerprint density at radius 1 is 1.56 bits per heavy atom. The van der Waals surface area contributed by atoms with Crippen LogP contribution in [0, 0.1) is 0 Å². The van der Waals surface area contributed by atoms with E-state index >= 15 is 0 Å². The number of amides is 1. The Hall–Kier alpha value is -1.31. The summed E-state index contributed by atoms with van der Waals surface area (Å²) in [6, 6.07) is 3.35. The molecule has 0 aliphatic heterocycles. The Kier molecular flexibility index (Phi) is 3.60. The molecule has 3 N–H and O–H groups in total. The predicted octanol–water partition coefficient (Wildman–Crippen LogP) is 1.11. The number of hydrogen-bond donors (Lipinski definition) is 2. The zero-order valence-corrected chi connectivity index (χ0v) is 9.92. The van der Waals surface area contributed by atoms with E-state index < -0.39 is 6.04 Å². The number of aromatic nitrogens is 2. The van der Waals surface area contributed by atoms with Crippen molar-refractivity contribution in [3.63, 3.8) is 0 Å². The van der Waals surface area contributed by atoms with Gasteiger partial charge in [0, 0.05) is 11.3 Å². The zero-order chi connectivity index (χ0) is 11.4. The van der Waals surface area contributed by atoms with Crippen LogP contribution >= 0.6 is 22.7 Å². The molecule has 2 heterocycles. The number of rotatable bonds is 4. The minimum atomic E-state index is -0.553. The first-order chi connectivity index (χ1) is 7.75. The van der Waals surface area contributed by atoms with E-state index in [9.17, 15) is 4.79 Å². The van der Waals surface area contributed by atoms with Crippen molar-refractivity contribution in [2.45, 2.75) is 12.5 Å². The van der Waals surface area contributed by atoms with Gasteiger partial charge in [-0.1, -0.05) is 17.4 Å². The first-order valence-electron chi connectivity index (χ1n) is 4.60. The van der Waals surface area contributed by atoms with E-state index in [0.717, 1.165) is 4.88 Å². The first kappa shape index (κ1) is 11.2. The third kappa shape index (κ3) is 2.84. The van der Waals surface area contributed by atoms with Gasteiger partial charge in [-0.2, -0.15) is 0 Å². The molecule has 0 saturated carbocycles. The van der Waals surface area contributed by atoms with E-state index in [0.29, 0.717) is 11.6 Å². The van der Waals surface area contributed by atoms with Gasteiger partial charge in [-0.05, 0) is 11.4 Å². The van der Waals surface area contributed by atoms with Crippen molar-refractivity contribution in [3.8, 4) is 0 Å². The van der Waals surface area contributed by atoms with E-state index in [1.807, 2.05) is 17.5 Å². The number of nitrogens with two attached hydrogens (primary N) is 1. The summed E-state index contributed by atoms with van der Waals surface area (Å²) >= 11 is 2.86. The maximum absolute atomic E-state index is 11.6. The summed E-state index contributed by atoms with van der Waals surface area (Å²) in [4.78, 5) is 12.7. The Labute approximate surface area is 100 Å². The Morgan fingerprint density at radius 2 is 2.44 bits per heavy atom. The fraction of sp³-hybridized carbons (Fsp3) is 0.222.